The predicted octanol–water partition coefficient (Wildman–Crippen LogP) is 4.16. The second-order valence-corrected chi connectivity index (χ2v) is 12.4. The van der Waals surface area contributed by atoms with Crippen LogP contribution in [0.3, 0.4) is 0 Å². The minimum absolute atomic E-state index is 0.140. The highest BCUT2D eigenvalue weighted by atomic mass is 32.2. The van der Waals surface area contributed by atoms with Gasteiger partial charge in [0.05, 0.1) is 19.1 Å². The third-order valence-electron chi connectivity index (χ3n) is 6.09. The van der Waals surface area contributed by atoms with E-state index in [0.29, 0.717) is 5.75 Å². The van der Waals surface area contributed by atoms with Crippen molar-refractivity contribution in [3.63, 3.8) is 0 Å². The zero-order valence-corrected chi connectivity index (χ0v) is 24.2. The fourth-order valence-electron chi connectivity index (χ4n) is 4.20. The molecule has 214 valence electrons. The number of benzene rings is 3. The number of amides is 2. The number of methoxy groups -OCH3 is 1. The van der Waals surface area contributed by atoms with Crippen LogP contribution in [-0.2, 0) is 32.6 Å². The van der Waals surface area contributed by atoms with Crippen LogP contribution in [0.1, 0.15) is 31.9 Å². The molecule has 0 heterocycles. The van der Waals surface area contributed by atoms with Gasteiger partial charge in [0.15, 0.2) is 0 Å². The second kappa shape index (κ2) is 13.0. The molecule has 0 saturated heterocycles. The van der Waals surface area contributed by atoms with Crippen LogP contribution in [0.25, 0.3) is 0 Å². The molecule has 0 aliphatic rings. The molecule has 0 aliphatic carbocycles. The van der Waals surface area contributed by atoms with Gasteiger partial charge in [-0.15, -0.1) is 0 Å². The van der Waals surface area contributed by atoms with Gasteiger partial charge in [-0.1, -0.05) is 54.6 Å². The summed E-state index contributed by atoms with van der Waals surface area (Å²) in [5, 5.41) is 2.93. The number of halogens is 1. The van der Waals surface area contributed by atoms with Gasteiger partial charge in [-0.2, -0.15) is 0 Å². The largest absolute Gasteiger partial charge is 0.497 e. The summed E-state index contributed by atoms with van der Waals surface area (Å²) in [5.41, 5.74) is 0.596. The van der Waals surface area contributed by atoms with Crippen LogP contribution in [-0.4, -0.2) is 56.6 Å². The average Bonchev–Trinajstić information content (AvgIpc) is 2.89. The maximum atomic E-state index is 14.8. The van der Waals surface area contributed by atoms with Crippen molar-refractivity contribution in [2.45, 2.75) is 45.3 Å². The van der Waals surface area contributed by atoms with Crippen molar-refractivity contribution in [2.75, 3.05) is 24.2 Å². The molecule has 3 aromatic rings. The highest BCUT2D eigenvalue weighted by Gasteiger charge is 2.34. The molecule has 1 atom stereocenters. The number of hydrogen-bond donors (Lipinski definition) is 1. The normalized spacial score (nSPS) is 12.3. The number of nitrogens with zero attached hydrogens (tertiary/aromatic N) is 2. The quantitative estimate of drug-likeness (QED) is 0.374. The number of ether oxygens (including phenoxy) is 1. The van der Waals surface area contributed by atoms with Crippen LogP contribution >= 0.6 is 0 Å². The Bertz CT molecular complexity index is 1420. The minimum Gasteiger partial charge on any atom is -0.497 e. The number of sulfonamides is 1. The number of hydrogen-bond acceptors (Lipinski definition) is 5. The fourth-order valence-corrected chi connectivity index (χ4v) is 5.04. The summed E-state index contributed by atoms with van der Waals surface area (Å²) in [4.78, 5) is 29.0. The van der Waals surface area contributed by atoms with Crippen LogP contribution in [0.4, 0.5) is 10.1 Å². The van der Waals surface area contributed by atoms with Crippen LogP contribution < -0.4 is 14.4 Å². The van der Waals surface area contributed by atoms with E-state index in [0.717, 1.165) is 16.1 Å². The zero-order chi connectivity index (χ0) is 29.5. The lowest BCUT2D eigenvalue weighted by atomic mass is 10.0. The maximum absolute atomic E-state index is 14.8. The Labute approximate surface area is 235 Å². The van der Waals surface area contributed by atoms with E-state index in [4.69, 9.17) is 4.74 Å². The summed E-state index contributed by atoms with van der Waals surface area (Å²) < 4.78 is 46.7. The number of anilines is 1. The van der Waals surface area contributed by atoms with Crippen molar-refractivity contribution in [1.29, 1.82) is 0 Å². The Morgan fingerprint density at radius 2 is 1.62 bits per heavy atom. The van der Waals surface area contributed by atoms with Gasteiger partial charge in [0, 0.05) is 30.1 Å². The van der Waals surface area contributed by atoms with Gasteiger partial charge in [-0.05, 0) is 44.5 Å². The van der Waals surface area contributed by atoms with Crippen molar-refractivity contribution in [1.82, 2.24) is 10.2 Å². The average molecular weight is 570 g/mol. The van der Waals surface area contributed by atoms with Crippen molar-refractivity contribution in [3.05, 3.63) is 95.8 Å². The molecule has 0 aromatic heterocycles. The van der Waals surface area contributed by atoms with E-state index in [-0.39, 0.29) is 24.2 Å². The maximum Gasteiger partial charge on any atom is 0.244 e. The SMILES string of the molecule is COc1cccc(N(CC(=O)N(Cc2ccccc2F)[C@H](Cc2ccccc2)C(=O)NC(C)(C)C)S(C)(=O)=O)c1. The monoisotopic (exact) mass is 569 g/mol. The van der Waals surface area contributed by atoms with E-state index in [1.54, 1.807) is 24.3 Å². The Hall–Kier alpha value is -3.92. The number of carbonyl (C=O) groups is 2. The first-order valence-electron chi connectivity index (χ1n) is 12.8. The molecule has 40 heavy (non-hydrogen) atoms. The Kier molecular flexibility index (Phi) is 9.92. The Morgan fingerprint density at radius 1 is 0.975 bits per heavy atom. The van der Waals surface area contributed by atoms with Gasteiger partial charge in [0.1, 0.15) is 24.2 Å². The first kappa shape index (κ1) is 30.6. The molecule has 10 heteroatoms. The van der Waals surface area contributed by atoms with E-state index in [1.165, 1.54) is 36.3 Å². The molecule has 1 N–H and O–H groups in total. The summed E-state index contributed by atoms with van der Waals surface area (Å²) in [6.07, 6.45) is 1.13. The number of rotatable bonds is 11. The van der Waals surface area contributed by atoms with Gasteiger partial charge in [0.2, 0.25) is 21.8 Å². The smallest absolute Gasteiger partial charge is 0.244 e. The summed E-state index contributed by atoms with van der Waals surface area (Å²) in [7, 11) is -2.48. The van der Waals surface area contributed by atoms with E-state index in [9.17, 15) is 22.4 Å². The molecule has 0 spiro atoms. The van der Waals surface area contributed by atoms with Gasteiger partial charge in [0.25, 0.3) is 0 Å². The lowest BCUT2D eigenvalue weighted by Gasteiger charge is -2.35. The third kappa shape index (κ3) is 8.54. The second-order valence-electron chi connectivity index (χ2n) is 10.5. The molecule has 3 rings (SSSR count). The third-order valence-corrected chi connectivity index (χ3v) is 7.23. The molecular formula is C30H36FN3O5S. The highest BCUT2D eigenvalue weighted by molar-refractivity contribution is 7.92. The van der Waals surface area contributed by atoms with Crippen molar-refractivity contribution >= 4 is 27.5 Å². The predicted molar refractivity (Wildman–Crippen MR) is 154 cm³/mol. The lowest BCUT2D eigenvalue weighted by molar-refractivity contribution is -0.140. The molecule has 0 bridgehead atoms. The van der Waals surface area contributed by atoms with Crippen molar-refractivity contribution in [3.8, 4) is 5.75 Å². The summed E-state index contributed by atoms with van der Waals surface area (Å²) >= 11 is 0. The van der Waals surface area contributed by atoms with Crippen LogP contribution in [0.2, 0.25) is 0 Å². The Balaban J connectivity index is 2.09. The summed E-state index contributed by atoms with van der Waals surface area (Å²) in [5.74, 6) is -1.23. The highest BCUT2D eigenvalue weighted by Crippen LogP contribution is 2.24. The zero-order valence-electron chi connectivity index (χ0n) is 23.4. The van der Waals surface area contributed by atoms with Crippen LogP contribution in [0.15, 0.2) is 78.9 Å². The minimum atomic E-state index is -3.93. The van der Waals surface area contributed by atoms with E-state index in [2.05, 4.69) is 5.32 Å². The standard InChI is InChI=1S/C30H36FN3O5S/c1-30(2,3)32-29(36)27(18-22-12-7-6-8-13-22)33(20-23-14-9-10-17-26(23)31)28(35)21-34(40(5,37)38)24-15-11-16-25(19-24)39-4/h6-17,19,27H,18,20-21H2,1-5H3,(H,32,36)/t27-/m1/s1. The molecule has 2 amide bonds. The molecule has 3 aromatic carbocycles. The van der Waals surface area contributed by atoms with Crippen molar-refractivity contribution in [2.24, 2.45) is 0 Å². The van der Waals surface area contributed by atoms with E-state index >= 15 is 0 Å². The molecule has 0 saturated carbocycles. The van der Waals surface area contributed by atoms with E-state index in [1.807, 2.05) is 51.1 Å². The molecule has 0 unspecified atom stereocenters. The fraction of sp³-hybridized carbons (Fsp3) is 0.333. The van der Waals surface area contributed by atoms with E-state index < -0.39 is 45.8 Å². The first-order chi connectivity index (χ1) is 18.8. The lowest BCUT2D eigenvalue weighted by Crippen LogP contribution is -2.56. The molecule has 8 nitrogen and oxygen atoms in total. The molecular weight excluding hydrogens is 533 g/mol. The van der Waals surface area contributed by atoms with Crippen molar-refractivity contribution < 1.29 is 27.1 Å². The number of nitrogens with one attached hydrogen (secondary N) is 1. The van der Waals surface area contributed by atoms with Crippen LogP contribution in [0.5, 0.6) is 5.75 Å². The topological polar surface area (TPSA) is 96.0 Å². The van der Waals surface area contributed by atoms with Crippen LogP contribution in [0, 0.1) is 5.82 Å². The van der Waals surface area contributed by atoms with Gasteiger partial charge >= 0.3 is 0 Å². The Morgan fingerprint density at radius 3 is 2.23 bits per heavy atom. The molecule has 0 radical (unpaired) electrons. The van der Waals surface area contributed by atoms with Gasteiger partial charge < -0.3 is 15.0 Å². The molecule has 0 fully saturated rings. The van der Waals surface area contributed by atoms with Gasteiger partial charge in [-0.25, -0.2) is 12.8 Å². The molecule has 0 aliphatic heterocycles. The summed E-state index contributed by atoms with van der Waals surface area (Å²) in [6, 6.07) is 20.4. The van der Waals surface area contributed by atoms with Gasteiger partial charge in [-0.3, -0.25) is 13.9 Å². The summed E-state index contributed by atoms with van der Waals surface area (Å²) in [6.45, 7) is 4.62. The first-order valence-corrected chi connectivity index (χ1v) is 14.6. The number of carbonyl (C=O) groups excluding carboxylic acids is 2.